The lowest BCUT2D eigenvalue weighted by molar-refractivity contribution is -0.143. The Balaban J connectivity index is 2.09. The normalized spacial score (nSPS) is 17.7. The number of aliphatic carboxylic acids is 1. The summed E-state index contributed by atoms with van der Waals surface area (Å²) < 4.78 is 0. The second-order valence-corrected chi connectivity index (χ2v) is 7.81. The van der Waals surface area contributed by atoms with Crippen LogP contribution in [0, 0.1) is 11.8 Å². The van der Waals surface area contributed by atoms with E-state index in [1.54, 1.807) is 0 Å². The smallest absolute Gasteiger partial charge is 0.313 e. The molecule has 138 valence electrons. The van der Waals surface area contributed by atoms with Gasteiger partial charge >= 0.3 is 5.97 Å². The Hall–Kier alpha value is -1.64. The maximum atomic E-state index is 12.1. The molecule has 1 saturated carbocycles. The molecule has 0 heterocycles. The molecular weight excluding hydrogens is 312 g/mol. The highest BCUT2D eigenvalue weighted by Gasteiger charge is 2.36. The van der Waals surface area contributed by atoms with Crippen molar-refractivity contribution in [3.63, 3.8) is 0 Å². The average molecular weight is 344 g/mol. The molecule has 0 saturated heterocycles. The molecule has 1 aromatic carbocycles. The highest BCUT2D eigenvalue weighted by molar-refractivity contribution is 5.99. The third-order valence-corrected chi connectivity index (χ3v) is 5.82. The molecule has 0 spiro atoms. The van der Waals surface area contributed by atoms with Gasteiger partial charge in [0, 0.05) is 11.5 Å². The summed E-state index contributed by atoms with van der Waals surface area (Å²) in [5.74, 6) is 0.211. The van der Waals surface area contributed by atoms with Crippen molar-refractivity contribution in [1.82, 2.24) is 0 Å². The number of hydrogen-bond donors (Lipinski definition) is 1. The Labute approximate surface area is 151 Å². The molecule has 1 aliphatic carbocycles. The lowest BCUT2D eigenvalue weighted by Crippen LogP contribution is -2.33. The van der Waals surface area contributed by atoms with Crippen molar-refractivity contribution < 1.29 is 14.7 Å². The summed E-state index contributed by atoms with van der Waals surface area (Å²) in [5.41, 5.74) is 0.631. The summed E-state index contributed by atoms with van der Waals surface area (Å²) in [5, 5.41) is 9.86. The first-order chi connectivity index (χ1) is 11.9. The summed E-state index contributed by atoms with van der Waals surface area (Å²) in [6, 6.07) is 7.31. The molecular formula is C22H32O3. The zero-order valence-corrected chi connectivity index (χ0v) is 15.9. The minimum Gasteiger partial charge on any atom is -0.481 e. The van der Waals surface area contributed by atoms with E-state index in [4.69, 9.17) is 0 Å². The molecule has 0 aromatic heterocycles. The van der Waals surface area contributed by atoms with Crippen LogP contribution in [0.2, 0.25) is 0 Å². The first-order valence-electron chi connectivity index (χ1n) is 9.80. The van der Waals surface area contributed by atoms with Crippen molar-refractivity contribution in [2.24, 2.45) is 11.8 Å². The molecule has 1 aliphatic rings. The number of unbranched alkanes of at least 4 members (excludes halogenated alkanes) is 1. The SMILES string of the molecule is CCCCC(CC)CCC(C)(C(=O)O)c1ccc(C(=O)C2CC2)cc1. The Morgan fingerprint density at radius 2 is 1.80 bits per heavy atom. The molecule has 1 fully saturated rings. The zero-order valence-electron chi connectivity index (χ0n) is 15.9. The number of ketones is 1. The molecule has 0 bridgehead atoms. The van der Waals surface area contributed by atoms with Gasteiger partial charge in [0.25, 0.3) is 0 Å². The van der Waals surface area contributed by atoms with Gasteiger partial charge in [-0.1, -0.05) is 63.8 Å². The summed E-state index contributed by atoms with van der Waals surface area (Å²) in [6.07, 6.45) is 8.22. The molecule has 2 unspecified atom stereocenters. The number of hydrogen-bond acceptors (Lipinski definition) is 2. The number of carbonyl (C=O) groups excluding carboxylic acids is 1. The molecule has 1 aromatic rings. The first-order valence-corrected chi connectivity index (χ1v) is 9.80. The molecule has 0 aliphatic heterocycles. The topological polar surface area (TPSA) is 54.4 Å². The van der Waals surface area contributed by atoms with Crippen molar-refractivity contribution in [3.05, 3.63) is 35.4 Å². The summed E-state index contributed by atoms with van der Waals surface area (Å²) in [6.45, 7) is 6.20. The molecule has 2 atom stereocenters. The fraction of sp³-hybridized carbons (Fsp3) is 0.636. The van der Waals surface area contributed by atoms with Crippen LogP contribution >= 0.6 is 0 Å². The fourth-order valence-corrected chi connectivity index (χ4v) is 3.50. The lowest BCUT2D eigenvalue weighted by Gasteiger charge is -2.27. The van der Waals surface area contributed by atoms with Gasteiger partial charge in [0.05, 0.1) is 5.41 Å². The van der Waals surface area contributed by atoms with E-state index in [-0.39, 0.29) is 11.7 Å². The highest BCUT2D eigenvalue weighted by Crippen LogP contribution is 2.35. The van der Waals surface area contributed by atoms with E-state index in [2.05, 4.69) is 13.8 Å². The Kier molecular flexibility index (Phi) is 6.80. The molecule has 2 rings (SSSR count). The van der Waals surface area contributed by atoms with Crippen molar-refractivity contribution >= 4 is 11.8 Å². The van der Waals surface area contributed by atoms with Crippen molar-refractivity contribution in [3.8, 4) is 0 Å². The lowest BCUT2D eigenvalue weighted by atomic mass is 9.75. The van der Waals surface area contributed by atoms with Gasteiger partial charge in [-0.05, 0) is 44.1 Å². The van der Waals surface area contributed by atoms with Gasteiger partial charge in [-0.2, -0.15) is 0 Å². The van der Waals surface area contributed by atoms with Gasteiger partial charge in [-0.3, -0.25) is 9.59 Å². The number of carboxylic acid groups (broad SMARTS) is 1. The summed E-state index contributed by atoms with van der Waals surface area (Å²) >= 11 is 0. The van der Waals surface area contributed by atoms with E-state index in [0.717, 1.165) is 31.2 Å². The number of carboxylic acids is 1. The monoisotopic (exact) mass is 344 g/mol. The molecule has 0 radical (unpaired) electrons. The molecule has 25 heavy (non-hydrogen) atoms. The van der Waals surface area contributed by atoms with Gasteiger partial charge in [0.2, 0.25) is 0 Å². The van der Waals surface area contributed by atoms with E-state index in [1.807, 2.05) is 31.2 Å². The minimum atomic E-state index is -0.888. The Morgan fingerprint density at radius 3 is 2.28 bits per heavy atom. The second kappa shape index (κ2) is 8.64. The van der Waals surface area contributed by atoms with Crippen LogP contribution in [0.3, 0.4) is 0 Å². The second-order valence-electron chi connectivity index (χ2n) is 7.81. The number of rotatable bonds is 11. The van der Waals surface area contributed by atoms with Crippen molar-refractivity contribution in [2.45, 2.75) is 77.6 Å². The fourth-order valence-electron chi connectivity index (χ4n) is 3.50. The Morgan fingerprint density at radius 1 is 1.16 bits per heavy atom. The van der Waals surface area contributed by atoms with E-state index in [0.29, 0.717) is 17.9 Å². The first kappa shape index (κ1) is 19.7. The standard InChI is InChI=1S/C22H32O3/c1-4-6-7-16(5-2)14-15-22(3,21(24)25)19-12-10-18(11-13-19)20(23)17-8-9-17/h10-13,16-17H,4-9,14-15H2,1-3H3,(H,24,25). The maximum absolute atomic E-state index is 12.1. The van der Waals surface area contributed by atoms with Crippen LogP contribution in [-0.2, 0) is 10.2 Å². The van der Waals surface area contributed by atoms with Gasteiger partial charge < -0.3 is 5.11 Å². The van der Waals surface area contributed by atoms with Gasteiger partial charge in [0.15, 0.2) is 5.78 Å². The van der Waals surface area contributed by atoms with Gasteiger partial charge in [-0.15, -0.1) is 0 Å². The largest absolute Gasteiger partial charge is 0.481 e. The molecule has 3 nitrogen and oxygen atoms in total. The van der Waals surface area contributed by atoms with E-state index in [1.165, 1.54) is 19.3 Å². The van der Waals surface area contributed by atoms with Crippen molar-refractivity contribution in [2.75, 3.05) is 0 Å². The quantitative estimate of drug-likeness (QED) is 0.530. The van der Waals surface area contributed by atoms with Crippen LogP contribution in [0.4, 0.5) is 0 Å². The minimum absolute atomic E-state index is 0.195. The van der Waals surface area contributed by atoms with E-state index >= 15 is 0 Å². The Bertz CT molecular complexity index is 586. The number of carbonyl (C=O) groups is 2. The molecule has 0 amide bonds. The van der Waals surface area contributed by atoms with E-state index < -0.39 is 11.4 Å². The summed E-state index contributed by atoms with van der Waals surface area (Å²) in [4.78, 5) is 24.1. The van der Waals surface area contributed by atoms with Crippen molar-refractivity contribution in [1.29, 1.82) is 0 Å². The van der Waals surface area contributed by atoms with Crippen LogP contribution in [0.15, 0.2) is 24.3 Å². The van der Waals surface area contributed by atoms with Crippen LogP contribution in [0.1, 0.15) is 88.1 Å². The third-order valence-electron chi connectivity index (χ3n) is 5.82. The third kappa shape index (κ3) is 4.93. The van der Waals surface area contributed by atoms with E-state index in [9.17, 15) is 14.7 Å². The zero-order chi connectivity index (χ0) is 18.4. The van der Waals surface area contributed by atoms with Crippen LogP contribution < -0.4 is 0 Å². The number of Topliss-reactive ketones (excluding diaryl/α,β-unsaturated/α-hetero) is 1. The van der Waals surface area contributed by atoms with Crippen LogP contribution in [-0.4, -0.2) is 16.9 Å². The molecule has 3 heteroatoms. The van der Waals surface area contributed by atoms with Gasteiger partial charge in [0.1, 0.15) is 0 Å². The molecule has 1 N–H and O–H groups in total. The predicted octanol–water partition coefficient (Wildman–Crippen LogP) is 5.62. The average Bonchev–Trinajstić information content (AvgIpc) is 3.46. The maximum Gasteiger partial charge on any atom is 0.313 e. The highest BCUT2D eigenvalue weighted by atomic mass is 16.4. The van der Waals surface area contributed by atoms with Crippen LogP contribution in [0.5, 0.6) is 0 Å². The number of benzene rings is 1. The summed E-state index contributed by atoms with van der Waals surface area (Å²) in [7, 11) is 0. The van der Waals surface area contributed by atoms with Crippen LogP contribution in [0.25, 0.3) is 0 Å². The predicted molar refractivity (Wildman–Crippen MR) is 101 cm³/mol. The van der Waals surface area contributed by atoms with Gasteiger partial charge in [-0.25, -0.2) is 0 Å².